The minimum Gasteiger partial charge on any atom is -0.365 e. The van der Waals surface area contributed by atoms with Gasteiger partial charge in [-0.1, -0.05) is 18.9 Å². The van der Waals surface area contributed by atoms with Crippen molar-refractivity contribution in [2.75, 3.05) is 6.54 Å². The molecule has 0 aliphatic rings. The first kappa shape index (κ1) is 12.3. The first-order valence-corrected chi connectivity index (χ1v) is 6.49. The molecule has 1 aromatic rings. The van der Waals surface area contributed by atoms with Gasteiger partial charge in [-0.2, -0.15) is 0 Å². The molecule has 1 amide bonds. The van der Waals surface area contributed by atoms with Crippen molar-refractivity contribution in [3.8, 4) is 0 Å². The molecule has 1 unspecified atom stereocenters. The van der Waals surface area contributed by atoms with Crippen LogP contribution in [0.15, 0.2) is 11.9 Å². The molecule has 0 saturated carbocycles. The molecular weight excluding hydrogens is 207 g/mol. The van der Waals surface area contributed by atoms with Crippen LogP contribution in [0.3, 0.4) is 0 Å². The van der Waals surface area contributed by atoms with Gasteiger partial charge < -0.3 is 11.5 Å². The number of hydrogen-bond donors (Lipinski definition) is 2. The van der Waals surface area contributed by atoms with Crippen molar-refractivity contribution < 1.29 is 4.79 Å². The molecule has 0 saturated heterocycles. The highest BCUT2D eigenvalue weighted by molar-refractivity contribution is 7.32. The summed E-state index contributed by atoms with van der Waals surface area (Å²) in [7, 11) is 0.477. The number of aryl methyl sites for hydroxylation is 1. The van der Waals surface area contributed by atoms with Crippen LogP contribution < -0.4 is 11.5 Å². The summed E-state index contributed by atoms with van der Waals surface area (Å²) >= 11 is 0. The molecule has 1 atom stereocenters. The Morgan fingerprint density at radius 1 is 1.27 bits per heavy atom. The van der Waals surface area contributed by atoms with E-state index in [0.29, 0.717) is 8.19 Å². The summed E-state index contributed by atoms with van der Waals surface area (Å²) in [4.78, 5) is 11.1. The van der Waals surface area contributed by atoms with Crippen LogP contribution in [-0.4, -0.2) is 12.5 Å². The van der Waals surface area contributed by atoms with Gasteiger partial charge in [0.15, 0.2) is 0 Å². The highest BCUT2D eigenvalue weighted by Crippen LogP contribution is 2.22. The van der Waals surface area contributed by atoms with Crippen molar-refractivity contribution >= 4 is 14.1 Å². The molecule has 4 N–H and O–H groups in total. The van der Waals surface area contributed by atoms with Gasteiger partial charge in [0.1, 0.15) is 0 Å². The Morgan fingerprint density at radius 3 is 2.67 bits per heavy atom. The maximum absolute atomic E-state index is 11.1. The average molecular weight is 226 g/mol. The predicted octanol–water partition coefficient (Wildman–Crippen LogP) is 1.88. The molecule has 0 bridgehead atoms. The number of unbranched alkanes of at least 4 members (excludes halogenated alkanes) is 3. The molecule has 3 nitrogen and oxygen atoms in total. The van der Waals surface area contributed by atoms with E-state index in [1.54, 1.807) is 0 Å². The van der Waals surface area contributed by atoms with Gasteiger partial charge in [-0.15, -0.1) is 8.19 Å². The second-order valence-electron chi connectivity index (χ2n) is 3.70. The lowest BCUT2D eigenvalue weighted by atomic mass is 10.1. The third-order valence-corrected chi connectivity index (χ3v) is 3.67. The molecule has 1 heterocycles. The van der Waals surface area contributed by atoms with E-state index in [0.717, 1.165) is 36.7 Å². The Balaban J connectivity index is 2.31. The first-order chi connectivity index (χ1) is 7.25. The smallest absolute Gasteiger partial charge is 0.252 e. The van der Waals surface area contributed by atoms with Crippen LogP contribution in [0.5, 0.6) is 0 Å². The number of carbonyl (C=O) groups excluding carboxylic acids is 1. The summed E-state index contributed by atoms with van der Waals surface area (Å²) in [6.45, 7) is 0.774. The van der Waals surface area contributed by atoms with E-state index in [4.69, 9.17) is 11.5 Å². The first-order valence-electron chi connectivity index (χ1n) is 5.42. The van der Waals surface area contributed by atoms with Crippen LogP contribution in [0.1, 0.15) is 41.3 Å². The molecule has 4 heteroatoms. The molecule has 15 heavy (non-hydrogen) atoms. The molecular formula is C11H19N2OP. The maximum Gasteiger partial charge on any atom is 0.252 e. The molecule has 0 aromatic carbocycles. The number of nitrogens with two attached hydrogens (primary N) is 2. The zero-order chi connectivity index (χ0) is 11.1. The summed E-state index contributed by atoms with van der Waals surface area (Å²) < 4.78 is 0. The van der Waals surface area contributed by atoms with Gasteiger partial charge in [-0.05, 0) is 37.2 Å². The number of hydrogen-bond acceptors (Lipinski definition) is 2. The Morgan fingerprint density at radius 2 is 2.00 bits per heavy atom. The predicted molar refractivity (Wildman–Crippen MR) is 65.7 cm³/mol. The van der Waals surface area contributed by atoms with Gasteiger partial charge in [-0.3, -0.25) is 4.79 Å². The van der Waals surface area contributed by atoms with E-state index >= 15 is 0 Å². The summed E-state index contributed by atoms with van der Waals surface area (Å²) in [6, 6.07) is 2.04. The fourth-order valence-corrected chi connectivity index (χ4v) is 2.64. The van der Waals surface area contributed by atoms with Crippen molar-refractivity contribution in [3.05, 3.63) is 22.7 Å². The minimum absolute atomic E-state index is 0.254. The van der Waals surface area contributed by atoms with Gasteiger partial charge in [0, 0.05) is 0 Å². The van der Waals surface area contributed by atoms with Crippen molar-refractivity contribution in [2.24, 2.45) is 11.5 Å². The molecule has 0 radical (unpaired) electrons. The third kappa shape index (κ3) is 4.06. The molecule has 0 aliphatic carbocycles. The van der Waals surface area contributed by atoms with Crippen LogP contribution in [0, 0.1) is 0 Å². The lowest BCUT2D eigenvalue weighted by molar-refractivity contribution is 0.100. The van der Waals surface area contributed by atoms with Crippen molar-refractivity contribution in [2.45, 2.75) is 32.1 Å². The standard InChI is InChI=1S/C11H19N2OP/c12-7-4-2-1-3-5-9-6-8-15-10(9)11(13)14/h6,8,15H,1-5,7,12H2,(H2,13,14). The SMILES string of the molecule is NCCCCCCc1cc[pH]c1C(N)=O. The highest BCUT2D eigenvalue weighted by atomic mass is 31.0. The Labute approximate surface area is 92.3 Å². The molecule has 0 fully saturated rings. The van der Waals surface area contributed by atoms with Gasteiger partial charge in [0.25, 0.3) is 5.91 Å². The largest absolute Gasteiger partial charge is 0.365 e. The Kier molecular flexibility index (Phi) is 5.44. The van der Waals surface area contributed by atoms with E-state index in [9.17, 15) is 4.79 Å². The van der Waals surface area contributed by atoms with E-state index in [1.807, 2.05) is 11.9 Å². The lowest BCUT2D eigenvalue weighted by Crippen LogP contribution is -2.10. The van der Waals surface area contributed by atoms with E-state index in [1.165, 1.54) is 12.8 Å². The fourth-order valence-electron chi connectivity index (χ4n) is 1.65. The molecule has 84 valence electrons. The third-order valence-electron chi connectivity index (χ3n) is 2.48. The van der Waals surface area contributed by atoms with Gasteiger partial charge in [-0.25, -0.2) is 0 Å². The maximum atomic E-state index is 11.1. The summed E-state index contributed by atoms with van der Waals surface area (Å²) in [5, 5.41) is 0.828. The second-order valence-corrected chi connectivity index (χ2v) is 4.82. The van der Waals surface area contributed by atoms with Crippen LogP contribution >= 0.6 is 8.19 Å². The van der Waals surface area contributed by atoms with Gasteiger partial charge >= 0.3 is 0 Å². The number of primary amides is 1. The summed E-state index contributed by atoms with van der Waals surface area (Å²) in [5.41, 5.74) is 11.9. The fraction of sp³-hybridized carbons (Fsp3) is 0.545. The van der Waals surface area contributed by atoms with Crippen molar-refractivity contribution in [3.63, 3.8) is 0 Å². The van der Waals surface area contributed by atoms with E-state index < -0.39 is 0 Å². The minimum atomic E-state index is -0.254. The molecule has 0 aliphatic heterocycles. The van der Waals surface area contributed by atoms with Gasteiger partial charge in [0.2, 0.25) is 0 Å². The van der Waals surface area contributed by atoms with Crippen molar-refractivity contribution in [1.29, 1.82) is 0 Å². The number of amides is 1. The number of carbonyl (C=O) groups is 1. The van der Waals surface area contributed by atoms with E-state index in [-0.39, 0.29) is 5.91 Å². The summed E-state index contributed by atoms with van der Waals surface area (Å²) in [6.07, 6.45) is 5.57. The zero-order valence-corrected chi connectivity index (χ0v) is 9.96. The Bertz CT molecular complexity index is 309. The summed E-state index contributed by atoms with van der Waals surface area (Å²) in [5.74, 6) is 1.78. The molecule has 1 aromatic heterocycles. The van der Waals surface area contributed by atoms with Crippen LogP contribution in [0.2, 0.25) is 0 Å². The quantitative estimate of drug-likeness (QED) is 0.697. The molecule has 0 spiro atoms. The van der Waals surface area contributed by atoms with Crippen LogP contribution in [-0.2, 0) is 6.42 Å². The van der Waals surface area contributed by atoms with E-state index in [2.05, 4.69) is 0 Å². The Hall–Kier alpha value is -0.790. The molecule has 1 rings (SSSR count). The zero-order valence-electron chi connectivity index (χ0n) is 8.96. The van der Waals surface area contributed by atoms with Crippen LogP contribution in [0.25, 0.3) is 0 Å². The van der Waals surface area contributed by atoms with Crippen molar-refractivity contribution in [1.82, 2.24) is 0 Å². The van der Waals surface area contributed by atoms with Gasteiger partial charge in [0.05, 0.1) is 5.30 Å². The topological polar surface area (TPSA) is 69.1 Å². The monoisotopic (exact) mass is 226 g/mol. The highest BCUT2D eigenvalue weighted by Gasteiger charge is 2.07. The average Bonchev–Trinajstić information content (AvgIpc) is 2.66. The lowest BCUT2D eigenvalue weighted by Gasteiger charge is -2.01. The normalized spacial score (nSPS) is 11.0. The number of rotatable bonds is 7. The second kappa shape index (κ2) is 6.65. The van der Waals surface area contributed by atoms with Crippen LogP contribution in [0.4, 0.5) is 0 Å².